The maximum absolute atomic E-state index is 14.1. The first kappa shape index (κ1) is 35.2. The Morgan fingerprint density at radius 1 is 1.09 bits per heavy atom. The van der Waals surface area contributed by atoms with Gasteiger partial charge in [-0.3, -0.25) is 9.10 Å². The smallest absolute Gasteiger partial charge is 0.252 e. The van der Waals surface area contributed by atoms with E-state index in [1.165, 1.54) is 34.8 Å². The van der Waals surface area contributed by atoms with Crippen molar-refractivity contribution in [1.82, 2.24) is 0 Å². The number of fused-ring (bicyclic) bond motifs is 1. The molecule has 1 fully saturated rings. The highest BCUT2D eigenvalue weighted by Gasteiger charge is 2.40. The minimum Gasteiger partial charge on any atom is -0.460 e. The van der Waals surface area contributed by atoms with Crippen molar-refractivity contribution in [3.8, 4) is 0 Å². The molecule has 1 heterocycles. The molecule has 1 amide bonds. The van der Waals surface area contributed by atoms with Gasteiger partial charge in [-0.1, -0.05) is 54.9 Å². The summed E-state index contributed by atoms with van der Waals surface area (Å²) in [5.74, 6) is -0.990. The Balaban J connectivity index is 1.58. The summed E-state index contributed by atoms with van der Waals surface area (Å²) >= 11 is 3.51. The molecule has 1 aromatic heterocycles. The van der Waals surface area contributed by atoms with Crippen LogP contribution >= 0.6 is 15.9 Å². The number of rotatable bonds is 12. The summed E-state index contributed by atoms with van der Waals surface area (Å²) in [4.78, 5) is 12.7. The Bertz CT molecular complexity index is 1920. The molecule has 1 aliphatic carbocycles. The van der Waals surface area contributed by atoms with Crippen LogP contribution in [0.1, 0.15) is 84.9 Å². The van der Waals surface area contributed by atoms with E-state index in [1.807, 2.05) is 6.07 Å². The topological polar surface area (TPSA) is 103 Å². The van der Waals surface area contributed by atoms with Crippen LogP contribution in [0.5, 0.6) is 0 Å². The van der Waals surface area contributed by atoms with Crippen molar-refractivity contribution in [2.75, 3.05) is 17.1 Å². The van der Waals surface area contributed by atoms with E-state index in [4.69, 9.17) is 14.6 Å². The molecule has 4 aromatic rings. The zero-order valence-corrected chi connectivity index (χ0v) is 30.9. The summed E-state index contributed by atoms with van der Waals surface area (Å²) in [5.41, 5.74) is 9.15. The third-order valence-corrected chi connectivity index (χ3v) is 15.6. The van der Waals surface area contributed by atoms with Gasteiger partial charge in [0.15, 0.2) is 8.32 Å². The molecule has 0 spiro atoms. The van der Waals surface area contributed by atoms with Crippen molar-refractivity contribution in [2.45, 2.75) is 76.6 Å². The number of anilines is 1. The lowest BCUT2D eigenvalue weighted by atomic mass is 10.0. The van der Waals surface area contributed by atoms with Crippen LogP contribution in [0.2, 0.25) is 18.1 Å². The maximum Gasteiger partial charge on any atom is 0.252 e. The molecule has 1 atom stereocenters. The fourth-order valence-electron chi connectivity index (χ4n) is 5.59. The summed E-state index contributed by atoms with van der Waals surface area (Å²) in [6, 6.07) is 13.9. The average Bonchev–Trinajstić information content (AvgIpc) is 3.73. The van der Waals surface area contributed by atoms with Crippen LogP contribution in [0.25, 0.3) is 11.0 Å². The first-order chi connectivity index (χ1) is 21.9. The van der Waals surface area contributed by atoms with Gasteiger partial charge < -0.3 is 14.6 Å². The molecule has 0 saturated heterocycles. The van der Waals surface area contributed by atoms with Gasteiger partial charge in [0.25, 0.3) is 5.91 Å². The molecular formula is C35H41BrF2N2O5SSi. The number of hydrogen-bond acceptors (Lipinski definition) is 5. The molecule has 3 aromatic carbocycles. The standard InChI is InChI=1S/C35H41BrF2N2O5SSi/c1-35(2,3)47(5,6)45-30(25-14-13-24(38)18-28(25)36)15-16-40(46(4,42)43)29-20-31-27(19-26(29)22-9-10-22)33(34(39)41)32(44-31)17-21-7-11-23(37)12-8-21/h7-8,11-14,18-20,22,30H,9-10,15-17H2,1-6H3,(H2,39,41). The van der Waals surface area contributed by atoms with Crippen molar-refractivity contribution >= 4 is 56.8 Å². The SMILES string of the molecule is CC(C)(C)[Si](C)(C)OC(CCN(c1cc2oc(Cc3ccc(F)cc3)c(C(N)=O)c2cc1C1CC1)S(C)(=O)=O)c1ccc(F)cc1Br. The quantitative estimate of drug-likeness (QED) is 0.146. The number of primary amides is 1. The summed E-state index contributed by atoms with van der Waals surface area (Å²) in [5, 5.41) is 0.393. The van der Waals surface area contributed by atoms with Gasteiger partial charge in [0.05, 0.1) is 23.6 Å². The lowest BCUT2D eigenvalue weighted by molar-refractivity contribution is 0.1000. The molecule has 1 aliphatic rings. The number of amides is 1. The maximum atomic E-state index is 14.1. The zero-order chi connectivity index (χ0) is 34.5. The van der Waals surface area contributed by atoms with Crippen LogP contribution < -0.4 is 10.0 Å². The van der Waals surface area contributed by atoms with Gasteiger partial charge in [-0.15, -0.1) is 0 Å². The van der Waals surface area contributed by atoms with E-state index in [0.29, 0.717) is 33.3 Å². The van der Waals surface area contributed by atoms with Gasteiger partial charge in [-0.25, -0.2) is 17.2 Å². The molecule has 0 radical (unpaired) electrons. The summed E-state index contributed by atoms with van der Waals surface area (Å²) in [6.45, 7) is 10.7. The van der Waals surface area contributed by atoms with E-state index in [2.05, 4.69) is 49.8 Å². The normalized spacial score (nSPS) is 14.8. The minimum absolute atomic E-state index is 0.0823. The van der Waals surface area contributed by atoms with E-state index in [1.54, 1.807) is 24.3 Å². The predicted molar refractivity (Wildman–Crippen MR) is 188 cm³/mol. The molecule has 1 saturated carbocycles. The fraction of sp³-hybridized carbons (Fsp3) is 0.400. The lowest BCUT2D eigenvalue weighted by Gasteiger charge is -2.40. The van der Waals surface area contributed by atoms with Crippen LogP contribution in [0.15, 0.2) is 63.5 Å². The number of furan rings is 1. The molecule has 0 bridgehead atoms. The average molecular weight is 748 g/mol. The van der Waals surface area contributed by atoms with Crippen molar-refractivity contribution in [3.05, 3.63) is 98.7 Å². The van der Waals surface area contributed by atoms with Gasteiger partial charge in [0.2, 0.25) is 10.0 Å². The van der Waals surface area contributed by atoms with Crippen LogP contribution in [0, 0.1) is 11.6 Å². The molecule has 5 rings (SSSR count). The fourth-order valence-corrected chi connectivity index (χ4v) is 8.46. The molecular weight excluding hydrogens is 706 g/mol. The number of carbonyl (C=O) groups excluding carboxylic acids is 1. The second-order valence-corrected chi connectivity index (χ2v) is 21.4. The number of nitrogens with two attached hydrogens (primary N) is 1. The summed E-state index contributed by atoms with van der Waals surface area (Å²) in [7, 11) is -6.16. The van der Waals surface area contributed by atoms with Crippen LogP contribution in [0.4, 0.5) is 14.5 Å². The highest BCUT2D eigenvalue weighted by molar-refractivity contribution is 9.10. The van der Waals surface area contributed by atoms with Gasteiger partial charge >= 0.3 is 0 Å². The molecule has 1 unspecified atom stereocenters. The largest absolute Gasteiger partial charge is 0.460 e. The molecule has 7 nitrogen and oxygen atoms in total. The second-order valence-electron chi connectivity index (χ2n) is 13.9. The first-order valence-electron chi connectivity index (χ1n) is 15.6. The van der Waals surface area contributed by atoms with E-state index in [0.717, 1.165) is 29.5 Å². The monoisotopic (exact) mass is 746 g/mol. The van der Waals surface area contributed by atoms with Crippen LogP contribution in [0.3, 0.4) is 0 Å². The van der Waals surface area contributed by atoms with Crippen molar-refractivity contribution < 1.29 is 30.8 Å². The third kappa shape index (κ3) is 7.82. The zero-order valence-electron chi connectivity index (χ0n) is 27.5. The Morgan fingerprint density at radius 3 is 2.28 bits per heavy atom. The Labute approximate surface area is 284 Å². The summed E-state index contributed by atoms with van der Waals surface area (Å²) in [6.07, 6.45) is 2.91. The number of sulfonamides is 1. The highest BCUT2D eigenvalue weighted by atomic mass is 79.9. The number of carbonyl (C=O) groups is 1. The van der Waals surface area contributed by atoms with E-state index in [-0.39, 0.29) is 41.1 Å². The van der Waals surface area contributed by atoms with Crippen molar-refractivity contribution in [3.63, 3.8) is 0 Å². The van der Waals surface area contributed by atoms with Gasteiger partial charge in [-0.2, -0.15) is 0 Å². The second kappa shape index (κ2) is 13.1. The van der Waals surface area contributed by atoms with E-state index >= 15 is 0 Å². The molecule has 2 N–H and O–H groups in total. The molecule has 47 heavy (non-hydrogen) atoms. The van der Waals surface area contributed by atoms with Gasteiger partial charge in [0.1, 0.15) is 23.0 Å². The van der Waals surface area contributed by atoms with E-state index < -0.39 is 30.4 Å². The van der Waals surface area contributed by atoms with Gasteiger partial charge in [-0.05, 0) is 90.3 Å². The summed E-state index contributed by atoms with van der Waals surface area (Å²) < 4.78 is 69.7. The number of hydrogen-bond donors (Lipinski definition) is 1. The van der Waals surface area contributed by atoms with E-state index in [9.17, 15) is 22.0 Å². The number of benzene rings is 3. The highest BCUT2D eigenvalue weighted by Crippen LogP contribution is 2.48. The van der Waals surface area contributed by atoms with Crippen LogP contribution in [-0.4, -0.2) is 35.4 Å². The van der Waals surface area contributed by atoms with Gasteiger partial charge in [0, 0.05) is 28.9 Å². The van der Waals surface area contributed by atoms with Crippen molar-refractivity contribution in [1.29, 1.82) is 0 Å². The third-order valence-electron chi connectivity index (χ3n) is 9.27. The number of nitrogens with zero attached hydrogens (tertiary/aromatic N) is 1. The lowest BCUT2D eigenvalue weighted by Crippen LogP contribution is -2.42. The first-order valence-corrected chi connectivity index (χ1v) is 21.1. The Hall–Kier alpha value is -3.06. The van der Waals surface area contributed by atoms with Crippen molar-refractivity contribution in [2.24, 2.45) is 5.73 Å². The molecule has 0 aliphatic heterocycles. The Morgan fingerprint density at radius 2 is 1.72 bits per heavy atom. The predicted octanol–water partition coefficient (Wildman–Crippen LogP) is 8.96. The molecule has 12 heteroatoms. The minimum atomic E-state index is -3.81. The Kier molecular flexibility index (Phi) is 9.82. The molecule has 252 valence electrons. The van der Waals surface area contributed by atoms with Crippen LogP contribution in [-0.2, 0) is 20.9 Å². The number of halogens is 3.